The first-order valence-electron chi connectivity index (χ1n) is 4.64. The van der Waals surface area contributed by atoms with Crippen molar-refractivity contribution in [1.29, 1.82) is 0 Å². The van der Waals surface area contributed by atoms with E-state index in [-0.39, 0.29) is 11.8 Å². The Kier molecular flexibility index (Phi) is 1.71. The molecule has 1 saturated heterocycles. The van der Waals surface area contributed by atoms with Crippen molar-refractivity contribution in [3.05, 3.63) is 11.6 Å². The van der Waals surface area contributed by atoms with E-state index in [2.05, 4.69) is 25.2 Å². The molecule has 0 saturated carbocycles. The summed E-state index contributed by atoms with van der Waals surface area (Å²) in [5.41, 5.74) is 1.38. The molecule has 1 amide bonds. The van der Waals surface area contributed by atoms with E-state index in [0.29, 0.717) is 11.8 Å². The van der Waals surface area contributed by atoms with Crippen molar-refractivity contribution in [2.45, 2.75) is 20.3 Å². The van der Waals surface area contributed by atoms with Crippen LogP contribution in [0.3, 0.4) is 0 Å². The monoisotopic (exact) mass is 165 g/mol. The van der Waals surface area contributed by atoms with Crippen molar-refractivity contribution in [1.82, 2.24) is 5.32 Å². The summed E-state index contributed by atoms with van der Waals surface area (Å²) in [5, 5.41) is 2.92. The SMILES string of the molecule is CC1=C[C@H]2C(=O)NC[C@H]2C[C@@H]1C. The van der Waals surface area contributed by atoms with Crippen molar-refractivity contribution in [2.24, 2.45) is 17.8 Å². The van der Waals surface area contributed by atoms with E-state index in [1.165, 1.54) is 12.0 Å². The van der Waals surface area contributed by atoms with Gasteiger partial charge in [0.1, 0.15) is 0 Å². The minimum Gasteiger partial charge on any atom is -0.355 e. The maximum absolute atomic E-state index is 11.3. The Hall–Kier alpha value is -0.790. The molecular formula is C10H15NO. The molecule has 2 nitrogen and oxygen atoms in total. The zero-order valence-corrected chi connectivity index (χ0v) is 7.63. The molecule has 0 bridgehead atoms. The lowest BCUT2D eigenvalue weighted by Crippen LogP contribution is -2.22. The summed E-state index contributed by atoms with van der Waals surface area (Å²) in [6.45, 7) is 5.26. The Morgan fingerprint density at radius 1 is 1.58 bits per heavy atom. The third kappa shape index (κ3) is 1.06. The zero-order valence-electron chi connectivity index (χ0n) is 7.63. The molecule has 3 atom stereocenters. The first-order valence-corrected chi connectivity index (χ1v) is 4.64. The number of carbonyl (C=O) groups is 1. The second-order valence-corrected chi connectivity index (χ2v) is 4.08. The summed E-state index contributed by atoms with van der Waals surface area (Å²) in [6, 6.07) is 0. The van der Waals surface area contributed by atoms with E-state index in [9.17, 15) is 4.79 Å². The van der Waals surface area contributed by atoms with Gasteiger partial charge in [-0.05, 0) is 25.2 Å². The molecular weight excluding hydrogens is 150 g/mol. The zero-order chi connectivity index (χ0) is 8.72. The van der Waals surface area contributed by atoms with Crippen molar-refractivity contribution >= 4 is 5.91 Å². The Morgan fingerprint density at radius 2 is 2.33 bits per heavy atom. The lowest BCUT2D eigenvalue weighted by molar-refractivity contribution is -0.121. The number of nitrogens with one attached hydrogen (secondary N) is 1. The normalized spacial score (nSPS) is 40.3. The summed E-state index contributed by atoms with van der Waals surface area (Å²) in [5.74, 6) is 1.64. The largest absolute Gasteiger partial charge is 0.355 e. The Labute approximate surface area is 73.0 Å². The van der Waals surface area contributed by atoms with Gasteiger partial charge in [0.2, 0.25) is 5.91 Å². The molecule has 2 rings (SSSR count). The number of carbonyl (C=O) groups excluding carboxylic acids is 1. The van der Waals surface area contributed by atoms with Gasteiger partial charge in [-0.3, -0.25) is 4.79 Å². The molecule has 1 fully saturated rings. The van der Waals surface area contributed by atoms with Crippen LogP contribution in [0, 0.1) is 17.8 Å². The standard InChI is InChI=1S/C10H15NO/c1-6-3-8-5-11-10(12)9(8)4-7(6)2/h4,6,8-9H,3,5H2,1-2H3,(H,11,12)/t6-,8+,9+/m0/s1. The number of hydrogen-bond donors (Lipinski definition) is 1. The van der Waals surface area contributed by atoms with E-state index in [1.54, 1.807) is 0 Å². The van der Waals surface area contributed by atoms with Crippen LogP contribution >= 0.6 is 0 Å². The van der Waals surface area contributed by atoms with Gasteiger partial charge >= 0.3 is 0 Å². The summed E-state index contributed by atoms with van der Waals surface area (Å²) in [4.78, 5) is 11.3. The maximum atomic E-state index is 11.3. The lowest BCUT2D eigenvalue weighted by atomic mass is 9.78. The number of amides is 1. The third-order valence-electron chi connectivity index (χ3n) is 3.23. The summed E-state index contributed by atoms with van der Waals surface area (Å²) >= 11 is 0. The highest BCUT2D eigenvalue weighted by Crippen LogP contribution is 2.35. The third-order valence-corrected chi connectivity index (χ3v) is 3.23. The molecule has 0 aromatic heterocycles. The molecule has 2 heteroatoms. The first kappa shape index (κ1) is 7.84. The van der Waals surface area contributed by atoms with Crippen LogP contribution in [0.5, 0.6) is 0 Å². The van der Waals surface area contributed by atoms with Crippen LogP contribution in [0.2, 0.25) is 0 Å². The predicted octanol–water partition coefficient (Wildman–Crippen LogP) is 1.33. The topological polar surface area (TPSA) is 29.1 Å². The predicted molar refractivity (Wildman–Crippen MR) is 47.5 cm³/mol. The molecule has 2 aliphatic rings. The van der Waals surface area contributed by atoms with Crippen LogP contribution in [-0.2, 0) is 4.79 Å². The second kappa shape index (κ2) is 2.61. The van der Waals surface area contributed by atoms with Gasteiger partial charge in [-0.25, -0.2) is 0 Å². The average molecular weight is 165 g/mol. The molecule has 0 radical (unpaired) electrons. The molecule has 1 heterocycles. The number of hydrogen-bond acceptors (Lipinski definition) is 1. The van der Waals surface area contributed by atoms with Crippen molar-refractivity contribution in [3.63, 3.8) is 0 Å². The van der Waals surface area contributed by atoms with Gasteiger partial charge in [0.25, 0.3) is 0 Å². The van der Waals surface area contributed by atoms with E-state index in [0.717, 1.165) is 6.54 Å². The first-order chi connectivity index (χ1) is 5.68. The minimum atomic E-state index is 0.182. The maximum Gasteiger partial charge on any atom is 0.227 e. The van der Waals surface area contributed by atoms with Gasteiger partial charge in [-0.1, -0.05) is 18.6 Å². The smallest absolute Gasteiger partial charge is 0.227 e. The van der Waals surface area contributed by atoms with Gasteiger partial charge in [0.15, 0.2) is 0 Å². The van der Waals surface area contributed by atoms with E-state index in [4.69, 9.17) is 0 Å². The molecule has 0 unspecified atom stereocenters. The summed E-state index contributed by atoms with van der Waals surface area (Å²) in [7, 11) is 0. The molecule has 1 aliphatic heterocycles. The van der Waals surface area contributed by atoms with Crippen LogP contribution in [0.1, 0.15) is 20.3 Å². The highest BCUT2D eigenvalue weighted by Gasteiger charge is 2.36. The van der Waals surface area contributed by atoms with Crippen LogP contribution in [-0.4, -0.2) is 12.5 Å². The van der Waals surface area contributed by atoms with Crippen LogP contribution in [0.4, 0.5) is 0 Å². The van der Waals surface area contributed by atoms with E-state index in [1.807, 2.05) is 0 Å². The Bertz CT molecular complexity index is 244. The fraction of sp³-hybridized carbons (Fsp3) is 0.700. The molecule has 0 aromatic rings. The van der Waals surface area contributed by atoms with Gasteiger partial charge in [0, 0.05) is 6.54 Å². The van der Waals surface area contributed by atoms with Crippen molar-refractivity contribution < 1.29 is 4.79 Å². The number of allylic oxidation sites excluding steroid dienone is 1. The Balaban J connectivity index is 2.25. The van der Waals surface area contributed by atoms with E-state index >= 15 is 0 Å². The highest BCUT2D eigenvalue weighted by molar-refractivity contribution is 5.83. The number of fused-ring (bicyclic) bond motifs is 1. The minimum absolute atomic E-state index is 0.182. The van der Waals surface area contributed by atoms with Gasteiger partial charge in [-0.2, -0.15) is 0 Å². The van der Waals surface area contributed by atoms with Gasteiger partial charge in [0.05, 0.1) is 5.92 Å². The van der Waals surface area contributed by atoms with Crippen molar-refractivity contribution in [2.75, 3.05) is 6.54 Å². The molecule has 12 heavy (non-hydrogen) atoms. The van der Waals surface area contributed by atoms with Gasteiger partial charge < -0.3 is 5.32 Å². The summed E-state index contributed by atoms with van der Waals surface area (Å²) in [6.07, 6.45) is 3.33. The summed E-state index contributed by atoms with van der Waals surface area (Å²) < 4.78 is 0. The molecule has 0 spiro atoms. The lowest BCUT2D eigenvalue weighted by Gasteiger charge is -2.25. The van der Waals surface area contributed by atoms with Crippen molar-refractivity contribution in [3.8, 4) is 0 Å². The quantitative estimate of drug-likeness (QED) is 0.539. The van der Waals surface area contributed by atoms with Crippen LogP contribution in [0.15, 0.2) is 11.6 Å². The van der Waals surface area contributed by atoms with Crippen LogP contribution < -0.4 is 5.32 Å². The van der Waals surface area contributed by atoms with E-state index < -0.39 is 0 Å². The molecule has 66 valence electrons. The molecule has 0 aromatic carbocycles. The molecule has 1 N–H and O–H groups in total. The average Bonchev–Trinajstić information content (AvgIpc) is 2.35. The number of rotatable bonds is 0. The Morgan fingerprint density at radius 3 is 3.08 bits per heavy atom. The molecule has 1 aliphatic carbocycles. The fourth-order valence-electron chi connectivity index (χ4n) is 2.22. The fourth-order valence-corrected chi connectivity index (χ4v) is 2.22. The highest BCUT2D eigenvalue weighted by atomic mass is 16.2. The van der Waals surface area contributed by atoms with Gasteiger partial charge in [-0.15, -0.1) is 0 Å². The second-order valence-electron chi connectivity index (χ2n) is 4.08. The van der Waals surface area contributed by atoms with Crippen LogP contribution in [0.25, 0.3) is 0 Å².